The van der Waals surface area contributed by atoms with Crippen LogP contribution in [-0.2, 0) is 11.2 Å². The van der Waals surface area contributed by atoms with Crippen LogP contribution < -0.4 is 0 Å². The number of carbonyl (C=O) groups excluding carboxylic acids is 1. The highest BCUT2D eigenvalue weighted by Gasteiger charge is 2.21. The van der Waals surface area contributed by atoms with E-state index in [1.165, 1.54) is 25.7 Å². The van der Waals surface area contributed by atoms with Gasteiger partial charge in [0.15, 0.2) is 0 Å². The first-order valence-corrected chi connectivity index (χ1v) is 6.63. The van der Waals surface area contributed by atoms with Gasteiger partial charge < -0.3 is 9.36 Å². The number of aromatic nitrogens is 3. The summed E-state index contributed by atoms with van der Waals surface area (Å²) >= 11 is 5.88. The van der Waals surface area contributed by atoms with Crippen molar-refractivity contribution >= 4 is 28.9 Å². The molecule has 0 saturated heterocycles. The molecule has 5 heteroatoms. The van der Waals surface area contributed by atoms with Crippen LogP contribution in [0.25, 0.3) is 11.0 Å². The molecular weight excluding hydrogens is 250 g/mol. The number of halogens is 1. The van der Waals surface area contributed by atoms with Crippen molar-refractivity contribution in [3.63, 3.8) is 0 Å². The van der Waals surface area contributed by atoms with Crippen LogP contribution in [0.2, 0.25) is 5.28 Å². The third kappa shape index (κ3) is 1.90. The average molecular weight is 264 g/mol. The molecule has 1 aliphatic rings. The van der Waals surface area contributed by atoms with E-state index in [0.717, 1.165) is 22.9 Å². The minimum Gasteiger partial charge on any atom is -0.329 e. The van der Waals surface area contributed by atoms with Crippen molar-refractivity contribution in [3.05, 3.63) is 23.2 Å². The second-order valence-electron chi connectivity index (χ2n) is 4.75. The molecule has 18 heavy (non-hydrogen) atoms. The lowest BCUT2D eigenvalue weighted by Gasteiger charge is -2.12. The molecule has 1 aliphatic carbocycles. The van der Waals surface area contributed by atoms with E-state index in [2.05, 4.69) is 14.5 Å². The van der Waals surface area contributed by atoms with E-state index in [0.29, 0.717) is 12.5 Å². The van der Waals surface area contributed by atoms with Gasteiger partial charge in [-0.25, -0.2) is 4.98 Å². The lowest BCUT2D eigenvalue weighted by Crippen LogP contribution is -2.04. The first kappa shape index (κ1) is 11.7. The number of fused-ring (bicyclic) bond motifs is 1. The van der Waals surface area contributed by atoms with Crippen molar-refractivity contribution in [1.82, 2.24) is 14.5 Å². The highest BCUT2D eigenvalue weighted by atomic mass is 35.5. The second kappa shape index (κ2) is 4.69. The van der Waals surface area contributed by atoms with Gasteiger partial charge in [-0.3, -0.25) is 0 Å². The van der Waals surface area contributed by atoms with Gasteiger partial charge in [0.05, 0.1) is 0 Å². The van der Waals surface area contributed by atoms with Crippen LogP contribution in [0, 0.1) is 0 Å². The van der Waals surface area contributed by atoms with Crippen LogP contribution in [0.3, 0.4) is 0 Å². The standard InChI is InChI=1S/C13H14ClN3O/c14-13-15-7-11-9(5-6-18)8-17(12(11)16-13)10-3-1-2-4-10/h6-8,10H,1-5H2. The van der Waals surface area contributed by atoms with Crippen LogP contribution in [0.1, 0.15) is 37.3 Å². The van der Waals surface area contributed by atoms with Crippen LogP contribution >= 0.6 is 11.6 Å². The summed E-state index contributed by atoms with van der Waals surface area (Å²) in [6, 6.07) is 0.485. The summed E-state index contributed by atoms with van der Waals surface area (Å²) in [6.07, 6.45) is 9.94. The van der Waals surface area contributed by atoms with E-state index < -0.39 is 0 Å². The number of hydrogen-bond donors (Lipinski definition) is 0. The minimum absolute atomic E-state index is 0.262. The molecule has 2 aromatic heterocycles. The predicted octanol–water partition coefficient (Wildman–Crippen LogP) is 2.94. The first-order chi connectivity index (χ1) is 8.79. The SMILES string of the molecule is O=CCc1cn(C2CCCC2)c2nc(Cl)ncc12. The molecule has 3 rings (SSSR count). The van der Waals surface area contributed by atoms with Gasteiger partial charge in [0.1, 0.15) is 11.9 Å². The molecule has 1 saturated carbocycles. The molecule has 0 N–H and O–H groups in total. The number of carbonyl (C=O) groups is 1. The molecule has 0 aliphatic heterocycles. The molecular formula is C13H14ClN3O. The zero-order chi connectivity index (χ0) is 12.5. The molecule has 0 bridgehead atoms. The van der Waals surface area contributed by atoms with Crippen molar-refractivity contribution in [2.24, 2.45) is 0 Å². The molecule has 0 aromatic carbocycles. The Balaban J connectivity index is 2.16. The Labute approximate surface area is 110 Å². The second-order valence-corrected chi connectivity index (χ2v) is 5.09. The normalized spacial score (nSPS) is 16.5. The van der Waals surface area contributed by atoms with Crippen molar-refractivity contribution < 1.29 is 4.79 Å². The van der Waals surface area contributed by atoms with Gasteiger partial charge >= 0.3 is 0 Å². The molecule has 2 aromatic rings. The van der Waals surface area contributed by atoms with Gasteiger partial charge in [-0.1, -0.05) is 12.8 Å². The third-order valence-electron chi connectivity index (χ3n) is 3.65. The van der Waals surface area contributed by atoms with Crippen molar-refractivity contribution in [3.8, 4) is 0 Å². The van der Waals surface area contributed by atoms with E-state index in [1.54, 1.807) is 6.20 Å². The quantitative estimate of drug-likeness (QED) is 0.632. The van der Waals surface area contributed by atoms with Crippen molar-refractivity contribution in [1.29, 1.82) is 0 Å². The Hall–Kier alpha value is -1.42. The van der Waals surface area contributed by atoms with Crippen LogP contribution in [0.4, 0.5) is 0 Å². The van der Waals surface area contributed by atoms with Crippen molar-refractivity contribution in [2.75, 3.05) is 0 Å². The molecule has 2 heterocycles. The smallest absolute Gasteiger partial charge is 0.224 e. The number of rotatable bonds is 3. The van der Waals surface area contributed by atoms with E-state index in [1.807, 2.05) is 6.20 Å². The summed E-state index contributed by atoms with van der Waals surface area (Å²) in [5.74, 6) is 0. The Morgan fingerprint density at radius 2 is 2.22 bits per heavy atom. The molecule has 0 radical (unpaired) electrons. The summed E-state index contributed by atoms with van der Waals surface area (Å²) in [5.41, 5.74) is 1.85. The van der Waals surface area contributed by atoms with E-state index in [-0.39, 0.29) is 5.28 Å². The monoisotopic (exact) mass is 263 g/mol. The number of aldehydes is 1. The molecule has 0 spiro atoms. The van der Waals surface area contributed by atoms with Crippen LogP contribution in [0.15, 0.2) is 12.4 Å². The number of hydrogen-bond acceptors (Lipinski definition) is 3. The van der Waals surface area contributed by atoms with E-state index >= 15 is 0 Å². The summed E-state index contributed by atoms with van der Waals surface area (Å²) in [5, 5.41) is 1.20. The lowest BCUT2D eigenvalue weighted by molar-refractivity contribution is -0.107. The fourth-order valence-electron chi connectivity index (χ4n) is 2.79. The first-order valence-electron chi connectivity index (χ1n) is 6.25. The van der Waals surface area contributed by atoms with Gasteiger partial charge in [-0.15, -0.1) is 0 Å². The Morgan fingerprint density at radius 3 is 2.94 bits per heavy atom. The average Bonchev–Trinajstić information content (AvgIpc) is 2.97. The summed E-state index contributed by atoms with van der Waals surface area (Å²) < 4.78 is 2.18. The van der Waals surface area contributed by atoms with E-state index in [4.69, 9.17) is 11.6 Å². The molecule has 94 valence electrons. The van der Waals surface area contributed by atoms with Crippen LogP contribution in [-0.4, -0.2) is 20.8 Å². The number of nitrogens with zero attached hydrogens (tertiary/aromatic N) is 3. The van der Waals surface area contributed by atoms with Gasteiger partial charge in [-0.2, -0.15) is 4.98 Å². The molecule has 4 nitrogen and oxygen atoms in total. The van der Waals surface area contributed by atoms with Crippen molar-refractivity contribution in [2.45, 2.75) is 38.1 Å². The van der Waals surface area contributed by atoms with Gasteiger partial charge in [0.25, 0.3) is 0 Å². The molecule has 1 fully saturated rings. The van der Waals surface area contributed by atoms with Gasteiger partial charge in [0.2, 0.25) is 5.28 Å². The molecule has 0 atom stereocenters. The topological polar surface area (TPSA) is 47.8 Å². The maximum atomic E-state index is 10.7. The summed E-state index contributed by atoms with van der Waals surface area (Å²) in [7, 11) is 0. The zero-order valence-corrected chi connectivity index (χ0v) is 10.7. The lowest BCUT2D eigenvalue weighted by atomic mass is 10.2. The molecule has 0 unspecified atom stereocenters. The largest absolute Gasteiger partial charge is 0.329 e. The highest BCUT2D eigenvalue weighted by Crippen LogP contribution is 2.33. The molecule has 0 amide bonds. The van der Waals surface area contributed by atoms with Crippen LogP contribution in [0.5, 0.6) is 0 Å². The van der Waals surface area contributed by atoms with Gasteiger partial charge in [-0.05, 0) is 30.0 Å². The highest BCUT2D eigenvalue weighted by molar-refractivity contribution is 6.28. The Kier molecular flexibility index (Phi) is 3.04. The summed E-state index contributed by atoms with van der Waals surface area (Å²) in [4.78, 5) is 19.1. The maximum absolute atomic E-state index is 10.7. The van der Waals surface area contributed by atoms with E-state index in [9.17, 15) is 4.79 Å². The maximum Gasteiger partial charge on any atom is 0.224 e. The predicted molar refractivity (Wildman–Crippen MR) is 69.8 cm³/mol. The fraction of sp³-hybridized carbons (Fsp3) is 0.462. The summed E-state index contributed by atoms with van der Waals surface area (Å²) in [6.45, 7) is 0. The Bertz CT molecular complexity index is 587. The minimum atomic E-state index is 0.262. The third-order valence-corrected chi connectivity index (χ3v) is 3.83. The zero-order valence-electron chi connectivity index (χ0n) is 9.97. The fourth-order valence-corrected chi connectivity index (χ4v) is 2.92. The Morgan fingerprint density at radius 1 is 1.44 bits per heavy atom. The van der Waals surface area contributed by atoms with Gasteiger partial charge in [0, 0.05) is 30.2 Å².